The molecule has 1 aromatic heterocycles. The summed E-state index contributed by atoms with van der Waals surface area (Å²) >= 11 is 0. The number of ether oxygens (including phenoxy) is 1. The van der Waals surface area contributed by atoms with Crippen LogP contribution in [0.25, 0.3) is 0 Å². The SMILES string of the molecule is C=C(C)COCCNCC(O)c1ccco1. The fourth-order valence-corrected chi connectivity index (χ4v) is 1.21. The monoisotopic (exact) mass is 225 g/mol. The van der Waals surface area contributed by atoms with E-state index in [-0.39, 0.29) is 0 Å². The van der Waals surface area contributed by atoms with Crippen molar-refractivity contribution in [2.45, 2.75) is 13.0 Å². The molecule has 1 heterocycles. The summed E-state index contributed by atoms with van der Waals surface area (Å²) in [5, 5.41) is 12.7. The first kappa shape index (κ1) is 13.0. The third-order valence-electron chi connectivity index (χ3n) is 1.98. The lowest BCUT2D eigenvalue weighted by Crippen LogP contribution is -2.25. The van der Waals surface area contributed by atoms with E-state index in [1.54, 1.807) is 18.4 Å². The summed E-state index contributed by atoms with van der Waals surface area (Å²) < 4.78 is 10.4. The molecular formula is C12H19NO3. The van der Waals surface area contributed by atoms with Crippen molar-refractivity contribution >= 4 is 0 Å². The molecule has 1 rings (SSSR count). The van der Waals surface area contributed by atoms with Crippen LogP contribution in [0.3, 0.4) is 0 Å². The molecule has 4 heteroatoms. The van der Waals surface area contributed by atoms with E-state index in [1.807, 2.05) is 6.92 Å². The molecule has 0 aliphatic rings. The van der Waals surface area contributed by atoms with Gasteiger partial charge in [0.1, 0.15) is 11.9 Å². The quantitative estimate of drug-likeness (QED) is 0.520. The van der Waals surface area contributed by atoms with Crippen LogP contribution in [0, 0.1) is 0 Å². The van der Waals surface area contributed by atoms with E-state index in [2.05, 4.69) is 11.9 Å². The summed E-state index contributed by atoms with van der Waals surface area (Å²) in [6.07, 6.45) is 0.949. The zero-order chi connectivity index (χ0) is 11.8. The molecule has 0 saturated carbocycles. The van der Waals surface area contributed by atoms with E-state index in [0.29, 0.717) is 32.1 Å². The predicted molar refractivity (Wildman–Crippen MR) is 62.2 cm³/mol. The number of aliphatic hydroxyl groups is 1. The minimum atomic E-state index is -0.601. The molecule has 0 saturated heterocycles. The molecule has 16 heavy (non-hydrogen) atoms. The molecular weight excluding hydrogens is 206 g/mol. The molecule has 0 bridgehead atoms. The van der Waals surface area contributed by atoms with Crippen LogP contribution in [0.1, 0.15) is 18.8 Å². The molecule has 90 valence electrons. The normalized spacial score (nSPS) is 12.6. The summed E-state index contributed by atoms with van der Waals surface area (Å²) in [4.78, 5) is 0. The highest BCUT2D eigenvalue weighted by molar-refractivity contribution is 5.02. The fraction of sp³-hybridized carbons (Fsp3) is 0.500. The lowest BCUT2D eigenvalue weighted by molar-refractivity contribution is 0.132. The zero-order valence-corrected chi connectivity index (χ0v) is 9.61. The third-order valence-corrected chi connectivity index (χ3v) is 1.98. The van der Waals surface area contributed by atoms with Crippen LogP contribution >= 0.6 is 0 Å². The van der Waals surface area contributed by atoms with Gasteiger partial charge in [0.05, 0.1) is 19.5 Å². The number of rotatable bonds is 8. The van der Waals surface area contributed by atoms with Crippen molar-refractivity contribution in [1.29, 1.82) is 0 Å². The Labute approximate surface area is 95.9 Å². The average Bonchev–Trinajstić information content (AvgIpc) is 2.75. The Kier molecular flexibility index (Phi) is 5.85. The van der Waals surface area contributed by atoms with Crippen molar-refractivity contribution in [3.8, 4) is 0 Å². The Bertz CT molecular complexity index is 295. The minimum Gasteiger partial charge on any atom is -0.467 e. The maximum Gasteiger partial charge on any atom is 0.133 e. The molecule has 0 aliphatic carbocycles. The van der Waals surface area contributed by atoms with Crippen molar-refractivity contribution in [1.82, 2.24) is 5.32 Å². The van der Waals surface area contributed by atoms with Gasteiger partial charge in [-0.1, -0.05) is 12.2 Å². The summed E-state index contributed by atoms with van der Waals surface area (Å²) in [6.45, 7) is 8.02. The second-order valence-corrected chi connectivity index (χ2v) is 3.75. The first-order valence-electron chi connectivity index (χ1n) is 5.34. The van der Waals surface area contributed by atoms with E-state index in [0.717, 1.165) is 5.57 Å². The predicted octanol–water partition coefficient (Wildman–Crippen LogP) is 1.50. The van der Waals surface area contributed by atoms with Gasteiger partial charge in [-0.3, -0.25) is 0 Å². The van der Waals surface area contributed by atoms with Crippen LogP contribution in [-0.4, -0.2) is 31.4 Å². The fourth-order valence-electron chi connectivity index (χ4n) is 1.21. The second kappa shape index (κ2) is 7.22. The highest BCUT2D eigenvalue weighted by atomic mass is 16.5. The van der Waals surface area contributed by atoms with Gasteiger partial charge in [0.15, 0.2) is 0 Å². The number of furan rings is 1. The molecule has 1 unspecified atom stereocenters. The number of nitrogens with one attached hydrogen (secondary N) is 1. The topological polar surface area (TPSA) is 54.6 Å². The van der Waals surface area contributed by atoms with Crippen LogP contribution < -0.4 is 5.32 Å². The van der Waals surface area contributed by atoms with Crippen LogP contribution in [-0.2, 0) is 4.74 Å². The van der Waals surface area contributed by atoms with E-state index >= 15 is 0 Å². The van der Waals surface area contributed by atoms with E-state index < -0.39 is 6.10 Å². The number of hydrogen-bond donors (Lipinski definition) is 2. The maximum absolute atomic E-state index is 9.64. The molecule has 1 aromatic rings. The lowest BCUT2D eigenvalue weighted by atomic mass is 10.3. The van der Waals surface area contributed by atoms with Gasteiger partial charge in [0.25, 0.3) is 0 Å². The highest BCUT2D eigenvalue weighted by Crippen LogP contribution is 2.11. The average molecular weight is 225 g/mol. The summed E-state index contributed by atoms with van der Waals surface area (Å²) in [5.74, 6) is 0.579. The summed E-state index contributed by atoms with van der Waals surface area (Å²) in [6, 6.07) is 3.51. The second-order valence-electron chi connectivity index (χ2n) is 3.75. The molecule has 0 spiro atoms. The lowest BCUT2D eigenvalue weighted by Gasteiger charge is -2.09. The highest BCUT2D eigenvalue weighted by Gasteiger charge is 2.08. The molecule has 0 radical (unpaired) electrons. The van der Waals surface area contributed by atoms with Crippen molar-refractivity contribution in [2.75, 3.05) is 26.3 Å². The van der Waals surface area contributed by atoms with Crippen LogP contribution in [0.2, 0.25) is 0 Å². The van der Waals surface area contributed by atoms with Gasteiger partial charge in [-0.05, 0) is 19.1 Å². The van der Waals surface area contributed by atoms with Crippen molar-refractivity contribution < 1.29 is 14.3 Å². The van der Waals surface area contributed by atoms with E-state index in [1.165, 1.54) is 0 Å². The van der Waals surface area contributed by atoms with Gasteiger partial charge in [0.2, 0.25) is 0 Å². The van der Waals surface area contributed by atoms with Crippen molar-refractivity contribution in [3.05, 3.63) is 36.3 Å². The molecule has 4 nitrogen and oxygen atoms in total. The van der Waals surface area contributed by atoms with Crippen LogP contribution in [0.15, 0.2) is 35.0 Å². The standard InChI is InChI=1S/C12H19NO3/c1-10(2)9-15-7-5-13-8-11(14)12-4-3-6-16-12/h3-4,6,11,13-14H,1,5,7-9H2,2H3. The van der Waals surface area contributed by atoms with Gasteiger partial charge in [-0.2, -0.15) is 0 Å². The molecule has 0 amide bonds. The van der Waals surface area contributed by atoms with E-state index in [9.17, 15) is 5.11 Å². The Morgan fingerprint density at radius 2 is 2.50 bits per heavy atom. The zero-order valence-electron chi connectivity index (χ0n) is 9.61. The first-order valence-corrected chi connectivity index (χ1v) is 5.34. The maximum atomic E-state index is 9.64. The smallest absolute Gasteiger partial charge is 0.133 e. The van der Waals surface area contributed by atoms with Gasteiger partial charge in [0, 0.05) is 13.1 Å². The summed E-state index contributed by atoms with van der Waals surface area (Å²) in [7, 11) is 0. The molecule has 0 aromatic carbocycles. The van der Waals surface area contributed by atoms with Gasteiger partial charge >= 0.3 is 0 Å². The van der Waals surface area contributed by atoms with Crippen LogP contribution in [0.5, 0.6) is 0 Å². The Hall–Kier alpha value is -1.10. The van der Waals surface area contributed by atoms with E-state index in [4.69, 9.17) is 9.15 Å². The van der Waals surface area contributed by atoms with Crippen molar-refractivity contribution in [3.63, 3.8) is 0 Å². The number of aliphatic hydroxyl groups excluding tert-OH is 1. The third kappa shape index (κ3) is 5.11. The van der Waals surface area contributed by atoms with Gasteiger partial charge < -0.3 is 19.6 Å². The van der Waals surface area contributed by atoms with Crippen LogP contribution in [0.4, 0.5) is 0 Å². The Balaban J connectivity index is 2.01. The molecule has 2 N–H and O–H groups in total. The number of hydrogen-bond acceptors (Lipinski definition) is 4. The summed E-state index contributed by atoms with van der Waals surface area (Å²) in [5.41, 5.74) is 1.01. The largest absolute Gasteiger partial charge is 0.467 e. The first-order chi connectivity index (χ1) is 7.70. The van der Waals surface area contributed by atoms with Gasteiger partial charge in [-0.15, -0.1) is 0 Å². The van der Waals surface area contributed by atoms with Crippen molar-refractivity contribution in [2.24, 2.45) is 0 Å². The molecule has 0 aliphatic heterocycles. The molecule has 1 atom stereocenters. The Morgan fingerprint density at radius 1 is 1.69 bits per heavy atom. The minimum absolute atomic E-state index is 0.462. The molecule has 0 fully saturated rings. The van der Waals surface area contributed by atoms with Gasteiger partial charge in [-0.25, -0.2) is 0 Å². The Morgan fingerprint density at radius 3 is 3.12 bits per heavy atom.